The maximum atomic E-state index is 9.29. The summed E-state index contributed by atoms with van der Waals surface area (Å²) >= 11 is 0. The minimum atomic E-state index is -1.80. The van der Waals surface area contributed by atoms with Crippen LogP contribution in [0, 0.1) is 0 Å². The van der Waals surface area contributed by atoms with E-state index in [1.807, 2.05) is 0 Å². The summed E-state index contributed by atoms with van der Waals surface area (Å²) in [7, 11) is 0. The van der Waals surface area contributed by atoms with Crippen LogP contribution in [0.3, 0.4) is 0 Å². The maximum absolute atomic E-state index is 9.29. The average molecular weight is 146 g/mol. The van der Waals surface area contributed by atoms with Gasteiger partial charge in [-0.15, -0.1) is 0 Å². The molecule has 0 aliphatic rings. The molecule has 0 fully saturated rings. The fourth-order valence-electron chi connectivity index (χ4n) is 0.0713. The van der Waals surface area contributed by atoms with Gasteiger partial charge in [0.1, 0.15) is 0 Å². The van der Waals surface area contributed by atoms with E-state index < -0.39 is 12.3 Å². The Balaban J connectivity index is 0. The van der Waals surface area contributed by atoms with Crippen LogP contribution in [0.4, 0.5) is 9.59 Å². The van der Waals surface area contributed by atoms with Crippen LogP contribution < -0.4 is 0 Å². The Hall–Kier alpha value is -0.460. The van der Waals surface area contributed by atoms with Gasteiger partial charge in [0, 0.05) is 0 Å². The van der Waals surface area contributed by atoms with Gasteiger partial charge in [-0.3, -0.25) is 0 Å². The first-order chi connectivity index (χ1) is 3.63. The molecule has 0 saturated carbocycles. The van der Waals surface area contributed by atoms with Gasteiger partial charge >= 0.3 is 41.9 Å². The normalized spacial score (nSPS) is 6.67. The van der Waals surface area contributed by atoms with Crippen LogP contribution in [-0.2, 0) is 9.78 Å². The van der Waals surface area contributed by atoms with Crippen molar-refractivity contribution in [2.24, 2.45) is 0 Å². The van der Waals surface area contributed by atoms with Gasteiger partial charge in [0.05, 0.1) is 0 Å². The predicted octanol–water partition coefficient (Wildman–Crippen LogP) is -0.358. The van der Waals surface area contributed by atoms with E-state index in [0.29, 0.717) is 0 Å². The Morgan fingerprint density at radius 3 is 1.33 bits per heavy atom. The number of hydrogen-bond acceptors (Lipinski definition) is 4. The van der Waals surface area contributed by atoms with Gasteiger partial charge in [-0.2, -0.15) is 0 Å². The van der Waals surface area contributed by atoms with E-state index in [4.69, 9.17) is 10.2 Å². The van der Waals surface area contributed by atoms with E-state index in [1.165, 1.54) is 0 Å². The van der Waals surface area contributed by atoms with Gasteiger partial charge in [-0.05, 0) is 0 Å². The third kappa shape index (κ3) is 11.2. The zero-order chi connectivity index (χ0) is 6.57. The quantitative estimate of drug-likeness (QED) is 0.275. The van der Waals surface area contributed by atoms with Crippen molar-refractivity contribution < 1.29 is 29.6 Å². The molecule has 7 heteroatoms. The van der Waals surface area contributed by atoms with Crippen molar-refractivity contribution in [3.05, 3.63) is 0 Å². The molecule has 0 spiro atoms. The van der Waals surface area contributed by atoms with Crippen molar-refractivity contribution in [3.8, 4) is 0 Å². The minimum absolute atomic E-state index is 0. The Labute approximate surface area is 71.6 Å². The van der Waals surface area contributed by atoms with Gasteiger partial charge in [0.2, 0.25) is 0 Å². The molecule has 0 aromatic heterocycles. The van der Waals surface area contributed by atoms with Gasteiger partial charge in [0.15, 0.2) is 0 Å². The summed E-state index contributed by atoms with van der Waals surface area (Å²) in [5, 5.41) is 15.1. The average Bonchev–Trinajstić information content (AvgIpc) is 1.61. The zero-order valence-electron chi connectivity index (χ0n) is 3.53. The Bertz CT molecular complexity index is 95.6. The summed E-state index contributed by atoms with van der Waals surface area (Å²) in [5.41, 5.74) is 0. The third-order valence-electron chi connectivity index (χ3n) is 0.184. The van der Waals surface area contributed by atoms with Crippen LogP contribution in [0.2, 0.25) is 0 Å². The molecular formula is C2H3NaO6. The van der Waals surface area contributed by atoms with Crippen LogP contribution >= 0.6 is 0 Å². The molecule has 0 unspecified atom stereocenters. The molecule has 0 amide bonds. The zero-order valence-corrected chi connectivity index (χ0v) is 3.53. The number of rotatable bonds is 0. The second-order valence-electron chi connectivity index (χ2n) is 0.698. The summed E-state index contributed by atoms with van der Waals surface area (Å²) in [5.74, 6) is 0. The second kappa shape index (κ2) is 5.67. The molecule has 9 heavy (non-hydrogen) atoms. The molecule has 0 bridgehead atoms. The molecule has 2 N–H and O–H groups in total. The number of carbonyl (C=O) groups is 2. The van der Waals surface area contributed by atoms with Gasteiger partial charge in [-0.25, -0.2) is 19.4 Å². The molecular weight excluding hydrogens is 143 g/mol. The Kier molecular flexibility index (Phi) is 7.15. The first-order valence-electron chi connectivity index (χ1n) is 1.43. The summed E-state index contributed by atoms with van der Waals surface area (Å²) in [6.45, 7) is 0. The first-order valence-corrected chi connectivity index (χ1v) is 1.43. The summed E-state index contributed by atoms with van der Waals surface area (Å²) in [6.07, 6.45) is -3.60. The van der Waals surface area contributed by atoms with Crippen molar-refractivity contribution in [2.45, 2.75) is 0 Å². The monoisotopic (exact) mass is 146 g/mol. The number of hydrogen-bond donors (Lipinski definition) is 2. The second-order valence-corrected chi connectivity index (χ2v) is 0.698. The molecule has 0 rings (SSSR count). The van der Waals surface area contributed by atoms with Crippen LogP contribution in [-0.4, -0.2) is 52.1 Å². The van der Waals surface area contributed by atoms with Crippen LogP contribution in [0.25, 0.3) is 0 Å². The van der Waals surface area contributed by atoms with E-state index in [9.17, 15) is 9.59 Å². The van der Waals surface area contributed by atoms with Crippen molar-refractivity contribution in [1.29, 1.82) is 0 Å². The molecule has 0 atom stereocenters. The topological polar surface area (TPSA) is 93.1 Å². The molecule has 0 saturated heterocycles. The summed E-state index contributed by atoms with van der Waals surface area (Å²) in [4.78, 5) is 24.8. The van der Waals surface area contributed by atoms with Crippen molar-refractivity contribution in [2.75, 3.05) is 0 Å². The van der Waals surface area contributed by atoms with Crippen LogP contribution in [0.5, 0.6) is 0 Å². The Morgan fingerprint density at radius 1 is 1.00 bits per heavy atom. The van der Waals surface area contributed by atoms with E-state index in [2.05, 4.69) is 9.78 Å². The predicted molar refractivity (Wildman–Crippen MR) is 25.4 cm³/mol. The van der Waals surface area contributed by atoms with E-state index in [0.717, 1.165) is 0 Å². The molecule has 0 aliphatic heterocycles. The van der Waals surface area contributed by atoms with Crippen molar-refractivity contribution in [1.82, 2.24) is 0 Å². The molecule has 0 aliphatic carbocycles. The molecule has 0 aromatic rings. The SMILES string of the molecule is O=C(O)OOC(=O)O.[NaH]. The van der Waals surface area contributed by atoms with E-state index >= 15 is 0 Å². The first kappa shape index (κ1) is 11.4. The van der Waals surface area contributed by atoms with E-state index in [-0.39, 0.29) is 29.6 Å². The van der Waals surface area contributed by atoms with E-state index in [1.54, 1.807) is 0 Å². The van der Waals surface area contributed by atoms with Crippen LogP contribution in [0.15, 0.2) is 0 Å². The standard InChI is InChI=1S/C2H2O6.Na.H/c3-1(4)7-8-2(5)6;;/h(H,3,4)(H,5,6);;. The molecule has 48 valence electrons. The van der Waals surface area contributed by atoms with Gasteiger partial charge in [0.25, 0.3) is 0 Å². The molecule has 6 nitrogen and oxygen atoms in total. The third-order valence-corrected chi connectivity index (χ3v) is 0.184. The summed E-state index contributed by atoms with van der Waals surface area (Å²) in [6, 6.07) is 0. The molecule has 0 radical (unpaired) electrons. The fraction of sp³-hybridized carbons (Fsp3) is 0. The van der Waals surface area contributed by atoms with Crippen molar-refractivity contribution in [3.63, 3.8) is 0 Å². The Morgan fingerprint density at radius 2 is 1.22 bits per heavy atom. The molecule has 0 aromatic carbocycles. The molecule has 0 heterocycles. The van der Waals surface area contributed by atoms with Crippen LogP contribution in [0.1, 0.15) is 0 Å². The fourth-order valence-corrected chi connectivity index (χ4v) is 0.0713. The van der Waals surface area contributed by atoms with Gasteiger partial charge in [-0.1, -0.05) is 0 Å². The number of carboxylic acid groups (broad SMARTS) is 2. The summed E-state index contributed by atoms with van der Waals surface area (Å²) < 4.78 is 0. The van der Waals surface area contributed by atoms with Crippen molar-refractivity contribution >= 4 is 41.9 Å². The van der Waals surface area contributed by atoms with Gasteiger partial charge < -0.3 is 10.2 Å².